The van der Waals surface area contributed by atoms with Crippen molar-refractivity contribution >= 4 is 29.9 Å². The molecule has 2 rings (SSSR count). The van der Waals surface area contributed by atoms with Crippen LogP contribution in [0.4, 0.5) is 0 Å². The van der Waals surface area contributed by atoms with Crippen LogP contribution < -0.4 is 10.6 Å². The number of hydrogen-bond donors (Lipinski definition) is 2. The fraction of sp³-hybridized carbons (Fsp3) is 0.500. The molecule has 138 valence electrons. The standard InChI is InChI=1S/C18H28N6.HI/c1-5-19-18(21-12-17-22-13-23-24(17)4)20-11-16(14(2)3)15-9-7-6-8-10-15;/h6-10,13-14,16H,5,11-12H2,1-4H3,(H2,19,20,21);1H. The summed E-state index contributed by atoms with van der Waals surface area (Å²) in [6, 6.07) is 10.6. The molecule has 1 aromatic heterocycles. The summed E-state index contributed by atoms with van der Waals surface area (Å²) < 4.78 is 1.74. The highest BCUT2D eigenvalue weighted by Gasteiger charge is 2.16. The second-order valence-corrected chi connectivity index (χ2v) is 6.14. The van der Waals surface area contributed by atoms with Crippen molar-refractivity contribution in [2.45, 2.75) is 33.2 Å². The van der Waals surface area contributed by atoms with Crippen LogP contribution in [0.25, 0.3) is 0 Å². The van der Waals surface area contributed by atoms with Gasteiger partial charge in [0, 0.05) is 26.1 Å². The molecule has 0 fully saturated rings. The summed E-state index contributed by atoms with van der Waals surface area (Å²) in [4.78, 5) is 8.82. The first-order chi connectivity index (χ1) is 11.6. The molecule has 25 heavy (non-hydrogen) atoms. The van der Waals surface area contributed by atoms with Crippen LogP contribution >= 0.6 is 24.0 Å². The average Bonchev–Trinajstić information content (AvgIpc) is 2.98. The quantitative estimate of drug-likeness (QED) is 0.382. The van der Waals surface area contributed by atoms with Crippen molar-refractivity contribution in [2.24, 2.45) is 18.0 Å². The molecule has 2 aromatic rings. The maximum atomic E-state index is 4.61. The minimum atomic E-state index is 0. The third-order valence-corrected chi connectivity index (χ3v) is 4.05. The summed E-state index contributed by atoms with van der Waals surface area (Å²) in [5, 5.41) is 10.8. The monoisotopic (exact) mass is 456 g/mol. The summed E-state index contributed by atoms with van der Waals surface area (Å²) in [5.41, 5.74) is 1.35. The van der Waals surface area contributed by atoms with E-state index in [1.54, 1.807) is 11.0 Å². The molecule has 0 amide bonds. The van der Waals surface area contributed by atoms with E-state index in [1.165, 1.54) is 5.56 Å². The lowest BCUT2D eigenvalue weighted by molar-refractivity contribution is 0.488. The predicted molar refractivity (Wildman–Crippen MR) is 113 cm³/mol. The summed E-state index contributed by atoms with van der Waals surface area (Å²) >= 11 is 0. The van der Waals surface area contributed by atoms with E-state index in [1.807, 2.05) is 7.05 Å². The van der Waals surface area contributed by atoms with Gasteiger partial charge in [0.05, 0.1) is 0 Å². The van der Waals surface area contributed by atoms with Gasteiger partial charge in [-0.1, -0.05) is 44.2 Å². The van der Waals surface area contributed by atoms with Crippen molar-refractivity contribution in [3.8, 4) is 0 Å². The first-order valence-electron chi connectivity index (χ1n) is 8.51. The summed E-state index contributed by atoms with van der Waals surface area (Å²) in [6.07, 6.45) is 1.55. The highest BCUT2D eigenvalue weighted by Crippen LogP contribution is 2.23. The summed E-state index contributed by atoms with van der Waals surface area (Å²) in [5.74, 6) is 2.63. The third kappa shape index (κ3) is 6.64. The van der Waals surface area contributed by atoms with Gasteiger partial charge in [-0.2, -0.15) is 5.10 Å². The van der Waals surface area contributed by atoms with Crippen LogP contribution in [0.5, 0.6) is 0 Å². The van der Waals surface area contributed by atoms with Crippen LogP contribution in [0.1, 0.15) is 38.1 Å². The number of benzene rings is 1. The molecule has 6 nitrogen and oxygen atoms in total. The minimum Gasteiger partial charge on any atom is -0.357 e. The maximum absolute atomic E-state index is 4.61. The number of hydrogen-bond acceptors (Lipinski definition) is 3. The van der Waals surface area contributed by atoms with E-state index in [0.29, 0.717) is 18.4 Å². The largest absolute Gasteiger partial charge is 0.357 e. The minimum absolute atomic E-state index is 0. The Balaban J connectivity index is 0.00000312. The van der Waals surface area contributed by atoms with E-state index >= 15 is 0 Å². The Morgan fingerprint density at radius 3 is 2.48 bits per heavy atom. The van der Waals surface area contributed by atoms with Gasteiger partial charge in [0.15, 0.2) is 5.96 Å². The summed E-state index contributed by atoms with van der Waals surface area (Å²) in [6.45, 7) is 8.74. The average molecular weight is 456 g/mol. The molecule has 0 saturated heterocycles. The Hall–Kier alpha value is -1.64. The van der Waals surface area contributed by atoms with Crippen LogP contribution in [0.3, 0.4) is 0 Å². The fourth-order valence-corrected chi connectivity index (χ4v) is 2.60. The van der Waals surface area contributed by atoms with Gasteiger partial charge in [-0.25, -0.2) is 9.98 Å². The lowest BCUT2D eigenvalue weighted by Crippen LogP contribution is -2.40. The predicted octanol–water partition coefficient (Wildman–Crippen LogP) is 2.93. The highest BCUT2D eigenvalue weighted by atomic mass is 127. The van der Waals surface area contributed by atoms with Crippen molar-refractivity contribution in [3.63, 3.8) is 0 Å². The van der Waals surface area contributed by atoms with Gasteiger partial charge in [0.2, 0.25) is 0 Å². The molecule has 7 heteroatoms. The molecule has 0 aliphatic carbocycles. The van der Waals surface area contributed by atoms with E-state index in [2.05, 4.69) is 76.8 Å². The Morgan fingerprint density at radius 1 is 1.20 bits per heavy atom. The molecule has 0 aliphatic heterocycles. The first kappa shape index (κ1) is 21.4. The topological polar surface area (TPSA) is 67.1 Å². The second-order valence-electron chi connectivity index (χ2n) is 6.14. The van der Waals surface area contributed by atoms with Gasteiger partial charge in [-0.15, -0.1) is 24.0 Å². The molecule has 0 spiro atoms. The van der Waals surface area contributed by atoms with Crippen LogP contribution in [-0.2, 0) is 13.6 Å². The number of aliphatic imine (C=N–C) groups is 1. The van der Waals surface area contributed by atoms with E-state index in [4.69, 9.17) is 0 Å². The molecule has 0 aliphatic rings. The molecular weight excluding hydrogens is 427 g/mol. The van der Waals surface area contributed by atoms with E-state index in [-0.39, 0.29) is 24.0 Å². The van der Waals surface area contributed by atoms with Gasteiger partial charge >= 0.3 is 0 Å². The number of nitrogens with zero attached hydrogens (tertiary/aromatic N) is 4. The van der Waals surface area contributed by atoms with Crippen LogP contribution in [-0.4, -0.2) is 33.8 Å². The molecule has 2 N–H and O–H groups in total. The van der Waals surface area contributed by atoms with Crippen molar-refractivity contribution in [3.05, 3.63) is 48.0 Å². The lowest BCUT2D eigenvalue weighted by Gasteiger charge is -2.23. The van der Waals surface area contributed by atoms with Gasteiger partial charge in [-0.3, -0.25) is 4.68 Å². The second kappa shape index (κ2) is 11.1. The SMILES string of the molecule is CCNC(=NCc1ncnn1C)NCC(c1ccccc1)C(C)C.I. The Labute approximate surface area is 167 Å². The molecule has 0 saturated carbocycles. The molecule has 1 unspecified atom stereocenters. The Kier molecular flexibility index (Phi) is 9.48. The van der Waals surface area contributed by atoms with Crippen LogP contribution in [0, 0.1) is 5.92 Å². The smallest absolute Gasteiger partial charge is 0.191 e. The van der Waals surface area contributed by atoms with E-state index in [9.17, 15) is 0 Å². The van der Waals surface area contributed by atoms with E-state index < -0.39 is 0 Å². The van der Waals surface area contributed by atoms with Gasteiger partial charge < -0.3 is 10.6 Å². The van der Waals surface area contributed by atoms with Crippen molar-refractivity contribution in [2.75, 3.05) is 13.1 Å². The van der Waals surface area contributed by atoms with Gasteiger partial charge in [0.1, 0.15) is 18.7 Å². The number of aryl methyl sites for hydroxylation is 1. The normalized spacial score (nSPS) is 12.6. The molecule has 0 radical (unpaired) electrons. The van der Waals surface area contributed by atoms with E-state index in [0.717, 1.165) is 24.9 Å². The Bertz CT molecular complexity index is 638. The zero-order valence-electron chi connectivity index (χ0n) is 15.4. The van der Waals surface area contributed by atoms with Crippen molar-refractivity contribution in [1.29, 1.82) is 0 Å². The van der Waals surface area contributed by atoms with Gasteiger partial charge in [-0.05, 0) is 18.4 Å². The number of aromatic nitrogens is 3. The number of guanidine groups is 1. The van der Waals surface area contributed by atoms with Crippen molar-refractivity contribution in [1.82, 2.24) is 25.4 Å². The number of rotatable bonds is 7. The fourth-order valence-electron chi connectivity index (χ4n) is 2.60. The highest BCUT2D eigenvalue weighted by molar-refractivity contribution is 14.0. The molecular formula is C18H29IN6. The van der Waals surface area contributed by atoms with Crippen molar-refractivity contribution < 1.29 is 0 Å². The van der Waals surface area contributed by atoms with Crippen LogP contribution in [0.2, 0.25) is 0 Å². The zero-order chi connectivity index (χ0) is 17.4. The van der Waals surface area contributed by atoms with Crippen LogP contribution in [0.15, 0.2) is 41.7 Å². The number of halogens is 1. The zero-order valence-corrected chi connectivity index (χ0v) is 17.8. The maximum Gasteiger partial charge on any atom is 0.191 e. The molecule has 1 aromatic carbocycles. The summed E-state index contributed by atoms with van der Waals surface area (Å²) in [7, 11) is 1.88. The molecule has 0 bridgehead atoms. The Morgan fingerprint density at radius 2 is 1.92 bits per heavy atom. The molecule has 1 atom stereocenters. The lowest BCUT2D eigenvalue weighted by atomic mass is 9.88. The first-order valence-corrected chi connectivity index (χ1v) is 8.51. The molecule has 1 heterocycles. The number of nitrogens with one attached hydrogen (secondary N) is 2. The third-order valence-electron chi connectivity index (χ3n) is 4.05. The van der Waals surface area contributed by atoms with Gasteiger partial charge in [0.25, 0.3) is 0 Å².